The maximum atomic E-state index is 11.1. The molecule has 0 bridgehead atoms. The number of esters is 1. The lowest BCUT2D eigenvalue weighted by molar-refractivity contribution is -0.143. The molecule has 1 aromatic rings. The molecule has 0 aromatic heterocycles. The second-order valence-corrected chi connectivity index (χ2v) is 5.00. The Hall–Kier alpha value is -1.35. The van der Waals surface area contributed by atoms with Crippen LogP contribution in [0.4, 0.5) is 0 Å². The van der Waals surface area contributed by atoms with E-state index >= 15 is 0 Å². The minimum atomic E-state index is -1.79. The van der Waals surface area contributed by atoms with Gasteiger partial charge in [0.2, 0.25) is 0 Å². The van der Waals surface area contributed by atoms with E-state index in [1.807, 2.05) is 30.3 Å². The van der Waals surface area contributed by atoms with Gasteiger partial charge in [-0.3, -0.25) is 9.69 Å². The number of nitrogens with zero attached hydrogens (tertiary/aromatic N) is 1. The molecule has 0 spiro atoms. The van der Waals surface area contributed by atoms with E-state index in [4.69, 9.17) is 8.85 Å². The summed E-state index contributed by atoms with van der Waals surface area (Å²) in [7, 11) is 0. The SMILES string of the molecule is [2H]C1([2H])N(Cc2ccccc2)[C@@H](COC(C)=O)CC[C@]1([2H])C. The predicted molar refractivity (Wildman–Crippen MR) is 75.7 cm³/mol. The zero-order valence-corrected chi connectivity index (χ0v) is 11.6. The monoisotopic (exact) mass is 264 g/mol. The highest BCUT2D eigenvalue weighted by Crippen LogP contribution is 2.23. The number of carbonyl (C=O) groups excluding carboxylic acids is 1. The molecule has 1 aliphatic heterocycles. The van der Waals surface area contributed by atoms with Crippen LogP contribution in [0, 0.1) is 5.89 Å². The number of hydrogen-bond donors (Lipinski definition) is 0. The Morgan fingerprint density at radius 2 is 2.21 bits per heavy atom. The molecular formula is C16H23NO2. The highest BCUT2D eigenvalue weighted by molar-refractivity contribution is 5.65. The molecule has 1 saturated heterocycles. The van der Waals surface area contributed by atoms with Gasteiger partial charge >= 0.3 is 5.97 Å². The summed E-state index contributed by atoms with van der Waals surface area (Å²) in [6.07, 6.45) is 1.08. The summed E-state index contributed by atoms with van der Waals surface area (Å²) in [6.45, 7) is 1.76. The molecule has 0 saturated carbocycles. The van der Waals surface area contributed by atoms with Crippen molar-refractivity contribution < 1.29 is 13.6 Å². The van der Waals surface area contributed by atoms with E-state index in [0.29, 0.717) is 19.4 Å². The van der Waals surface area contributed by atoms with Gasteiger partial charge < -0.3 is 4.74 Å². The summed E-state index contributed by atoms with van der Waals surface area (Å²) in [6, 6.07) is 9.41. The van der Waals surface area contributed by atoms with Crippen molar-refractivity contribution in [1.29, 1.82) is 0 Å². The third kappa shape index (κ3) is 4.35. The van der Waals surface area contributed by atoms with Gasteiger partial charge in [-0.2, -0.15) is 0 Å². The first-order chi connectivity index (χ1) is 10.2. The molecule has 19 heavy (non-hydrogen) atoms. The number of piperidine rings is 1. The third-order valence-corrected chi connectivity index (χ3v) is 3.30. The van der Waals surface area contributed by atoms with E-state index in [0.717, 1.165) is 5.56 Å². The van der Waals surface area contributed by atoms with E-state index in [1.165, 1.54) is 6.92 Å². The summed E-state index contributed by atoms with van der Waals surface area (Å²) < 4.78 is 30.2. The zero-order chi connectivity index (χ0) is 16.4. The highest BCUT2D eigenvalue weighted by Gasteiger charge is 2.26. The maximum absolute atomic E-state index is 11.1. The molecule has 0 aliphatic carbocycles. The Kier molecular flexibility index (Phi) is 3.69. The fourth-order valence-corrected chi connectivity index (χ4v) is 2.27. The molecule has 0 unspecified atom stereocenters. The Bertz CT molecular complexity index is 519. The predicted octanol–water partition coefficient (Wildman–Crippen LogP) is 2.85. The number of ether oxygens (including phenoxy) is 1. The molecule has 1 aromatic carbocycles. The van der Waals surface area contributed by atoms with Crippen molar-refractivity contribution in [1.82, 2.24) is 4.90 Å². The van der Waals surface area contributed by atoms with Crippen molar-refractivity contribution in [3.8, 4) is 0 Å². The van der Waals surface area contributed by atoms with Crippen LogP contribution in [-0.2, 0) is 16.1 Å². The summed E-state index contributed by atoms with van der Waals surface area (Å²) in [5.41, 5.74) is 0.983. The summed E-state index contributed by atoms with van der Waals surface area (Å²) in [4.78, 5) is 12.7. The Morgan fingerprint density at radius 1 is 1.47 bits per heavy atom. The van der Waals surface area contributed by atoms with E-state index in [-0.39, 0.29) is 18.6 Å². The molecule has 0 radical (unpaired) electrons. The molecule has 1 fully saturated rings. The fraction of sp³-hybridized carbons (Fsp3) is 0.562. The first kappa shape index (κ1) is 10.4. The Balaban J connectivity index is 2.23. The lowest BCUT2D eigenvalue weighted by Gasteiger charge is -2.38. The van der Waals surface area contributed by atoms with E-state index in [1.54, 1.807) is 11.8 Å². The van der Waals surface area contributed by atoms with Gasteiger partial charge in [-0.15, -0.1) is 0 Å². The van der Waals surface area contributed by atoms with Crippen LogP contribution in [0.5, 0.6) is 0 Å². The number of likely N-dealkylation sites (tertiary alicyclic amines) is 1. The normalized spacial score (nSPS) is 32.9. The second kappa shape index (κ2) is 6.71. The molecule has 3 nitrogen and oxygen atoms in total. The average molecular weight is 264 g/mol. The van der Waals surface area contributed by atoms with Gasteiger partial charge in [-0.25, -0.2) is 0 Å². The second-order valence-electron chi connectivity index (χ2n) is 5.00. The van der Waals surface area contributed by atoms with Crippen molar-refractivity contribution in [2.24, 2.45) is 5.89 Å². The summed E-state index contributed by atoms with van der Waals surface area (Å²) >= 11 is 0. The molecule has 0 N–H and O–H groups in total. The lowest BCUT2D eigenvalue weighted by Crippen LogP contribution is -2.44. The first-order valence-corrected chi connectivity index (χ1v) is 6.68. The van der Waals surface area contributed by atoms with Crippen LogP contribution >= 0.6 is 0 Å². The summed E-state index contributed by atoms with van der Waals surface area (Å²) in [5, 5.41) is 0. The fourth-order valence-electron chi connectivity index (χ4n) is 2.27. The zero-order valence-electron chi connectivity index (χ0n) is 14.6. The molecule has 1 heterocycles. The minimum absolute atomic E-state index is 0.164. The van der Waals surface area contributed by atoms with Crippen LogP contribution < -0.4 is 0 Å². The quantitative estimate of drug-likeness (QED) is 0.783. The topological polar surface area (TPSA) is 29.5 Å². The van der Waals surface area contributed by atoms with Crippen molar-refractivity contribution in [2.75, 3.05) is 13.1 Å². The van der Waals surface area contributed by atoms with E-state index < -0.39 is 12.4 Å². The van der Waals surface area contributed by atoms with Gasteiger partial charge in [0.05, 0.1) is 0 Å². The summed E-state index contributed by atoms with van der Waals surface area (Å²) in [5.74, 6) is -1.55. The van der Waals surface area contributed by atoms with Gasteiger partial charge in [0.25, 0.3) is 0 Å². The van der Waals surface area contributed by atoms with Crippen LogP contribution in [0.25, 0.3) is 0 Å². The molecule has 104 valence electrons. The van der Waals surface area contributed by atoms with Gasteiger partial charge in [0.15, 0.2) is 0 Å². The van der Waals surface area contributed by atoms with Gasteiger partial charge in [0.1, 0.15) is 6.61 Å². The van der Waals surface area contributed by atoms with E-state index in [2.05, 4.69) is 0 Å². The highest BCUT2D eigenvalue weighted by atomic mass is 16.5. The molecule has 2 rings (SSSR count). The van der Waals surface area contributed by atoms with Crippen LogP contribution in [0.2, 0.25) is 0 Å². The van der Waals surface area contributed by atoms with Gasteiger partial charge in [-0.05, 0) is 24.3 Å². The van der Waals surface area contributed by atoms with Crippen molar-refractivity contribution in [3.05, 3.63) is 35.9 Å². The average Bonchev–Trinajstić information content (AvgIpc) is 2.45. The molecule has 0 amide bonds. The largest absolute Gasteiger partial charge is 0.464 e. The molecular weight excluding hydrogens is 238 g/mol. The smallest absolute Gasteiger partial charge is 0.302 e. The van der Waals surface area contributed by atoms with Crippen molar-refractivity contribution >= 4 is 5.97 Å². The Labute approximate surface area is 119 Å². The van der Waals surface area contributed by atoms with Crippen LogP contribution in [0.1, 0.15) is 36.4 Å². The van der Waals surface area contributed by atoms with Crippen molar-refractivity contribution in [2.45, 2.75) is 39.3 Å². The van der Waals surface area contributed by atoms with Crippen LogP contribution in [-0.4, -0.2) is 30.0 Å². The van der Waals surface area contributed by atoms with Crippen LogP contribution in [0.15, 0.2) is 30.3 Å². The molecule has 1 aliphatic rings. The standard InChI is InChI=1S/C16H23NO2/c1-13-8-9-16(12-19-14(2)18)17(10-13)11-15-6-4-3-5-7-15/h3-7,13,16H,8-12H2,1-2H3/t13-,16+/m0/s1/i10D2,13D. The number of hydrogen-bond acceptors (Lipinski definition) is 3. The number of benzene rings is 1. The molecule has 2 atom stereocenters. The Morgan fingerprint density at radius 3 is 2.89 bits per heavy atom. The van der Waals surface area contributed by atoms with Gasteiger partial charge in [-0.1, -0.05) is 37.3 Å². The number of carbonyl (C=O) groups is 1. The maximum Gasteiger partial charge on any atom is 0.302 e. The number of rotatable bonds is 4. The van der Waals surface area contributed by atoms with Gasteiger partial charge in [0, 0.05) is 30.1 Å². The van der Waals surface area contributed by atoms with Crippen molar-refractivity contribution in [3.63, 3.8) is 0 Å². The van der Waals surface area contributed by atoms with E-state index in [9.17, 15) is 4.79 Å². The lowest BCUT2D eigenvalue weighted by atomic mass is 9.94. The molecule has 3 heteroatoms. The van der Waals surface area contributed by atoms with Crippen LogP contribution in [0.3, 0.4) is 0 Å². The third-order valence-electron chi connectivity index (χ3n) is 3.30. The minimum Gasteiger partial charge on any atom is -0.464 e. The first-order valence-electron chi connectivity index (χ1n) is 8.18.